The number of rotatable bonds is 3. The van der Waals surface area contributed by atoms with Gasteiger partial charge in [-0.05, 0) is 43.5 Å². The summed E-state index contributed by atoms with van der Waals surface area (Å²) in [5.74, 6) is 0.0253. The van der Waals surface area contributed by atoms with E-state index in [4.69, 9.17) is 0 Å². The summed E-state index contributed by atoms with van der Waals surface area (Å²) in [7, 11) is 1.87. The third-order valence-corrected chi connectivity index (χ3v) is 3.59. The molecule has 0 saturated carbocycles. The van der Waals surface area contributed by atoms with Crippen molar-refractivity contribution in [3.05, 3.63) is 29.3 Å². The Morgan fingerprint density at radius 2 is 2.33 bits per heavy atom. The molecule has 1 saturated heterocycles. The molecule has 0 aromatic heterocycles. The summed E-state index contributed by atoms with van der Waals surface area (Å²) < 4.78 is 0. The molecule has 1 heterocycles. The SMILES string of the molecule is CNc1ccc(C(=O)N2CCCC2CO)cc1C. The second kappa shape index (κ2) is 5.40. The normalized spacial score (nSPS) is 19.1. The first kappa shape index (κ1) is 12.9. The number of nitrogens with one attached hydrogen (secondary N) is 1. The number of amides is 1. The van der Waals surface area contributed by atoms with Crippen molar-refractivity contribution in [1.29, 1.82) is 0 Å². The summed E-state index contributed by atoms with van der Waals surface area (Å²) >= 11 is 0. The molecule has 2 N–H and O–H groups in total. The average Bonchev–Trinajstić information content (AvgIpc) is 2.86. The van der Waals surface area contributed by atoms with Gasteiger partial charge in [-0.2, -0.15) is 0 Å². The minimum absolute atomic E-state index is 0.0122. The predicted molar refractivity (Wildman–Crippen MR) is 71.9 cm³/mol. The zero-order chi connectivity index (χ0) is 13.1. The first-order valence-corrected chi connectivity index (χ1v) is 6.37. The lowest BCUT2D eigenvalue weighted by atomic mass is 10.1. The van der Waals surface area contributed by atoms with E-state index < -0.39 is 0 Å². The molecule has 0 radical (unpaired) electrons. The number of carbonyl (C=O) groups is 1. The van der Waals surface area contributed by atoms with Gasteiger partial charge in [-0.25, -0.2) is 0 Å². The fraction of sp³-hybridized carbons (Fsp3) is 0.500. The van der Waals surface area contributed by atoms with Gasteiger partial charge in [-0.1, -0.05) is 0 Å². The van der Waals surface area contributed by atoms with Crippen molar-refractivity contribution >= 4 is 11.6 Å². The lowest BCUT2D eigenvalue weighted by Crippen LogP contribution is -2.37. The van der Waals surface area contributed by atoms with Crippen LogP contribution in [0.4, 0.5) is 5.69 Å². The second-order valence-corrected chi connectivity index (χ2v) is 4.76. The molecule has 98 valence electrons. The number of hydrogen-bond acceptors (Lipinski definition) is 3. The first-order chi connectivity index (χ1) is 8.67. The van der Waals surface area contributed by atoms with Gasteiger partial charge >= 0.3 is 0 Å². The third-order valence-electron chi connectivity index (χ3n) is 3.59. The summed E-state index contributed by atoms with van der Waals surface area (Å²) in [4.78, 5) is 14.1. The van der Waals surface area contributed by atoms with E-state index in [2.05, 4.69) is 5.32 Å². The number of hydrogen-bond donors (Lipinski definition) is 2. The van der Waals surface area contributed by atoms with Crippen LogP contribution in [0.2, 0.25) is 0 Å². The summed E-state index contributed by atoms with van der Waals surface area (Å²) in [5.41, 5.74) is 2.79. The minimum Gasteiger partial charge on any atom is -0.394 e. The van der Waals surface area contributed by atoms with Crippen LogP contribution in [0.15, 0.2) is 18.2 Å². The van der Waals surface area contributed by atoms with E-state index in [9.17, 15) is 9.90 Å². The van der Waals surface area contributed by atoms with Gasteiger partial charge in [0.15, 0.2) is 0 Å². The van der Waals surface area contributed by atoms with Crippen molar-refractivity contribution in [2.24, 2.45) is 0 Å². The van der Waals surface area contributed by atoms with E-state index in [-0.39, 0.29) is 18.6 Å². The van der Waals surface area contributed by atoms with Gasteiger partial charge in [0.1, 0.15) is 0 Å². The molecule has 1 unspecified atom stereocenters. The zero-order valence-corrected chi connectivity index (χ0v) is 10.9. The van der Waals surface area contributed by atoms with Gasteiger partial charge in [0.25, 0.3) is 5.91 Å². The van der Waals surface area contributed by atoms with Crippen molar-refractivity contribution in [2.75, 3.05) is 25.5 Å². The number of nitrogens with zero attached hydrogens (tertiary/aromatic N) is 1. The van der Waals surface area contributed by atoms with E-state index in [1.54, 1.807) is 4.90 Å². The zero-order valence-electron chi connectivity index (χ0n) is 10.9. The Kier molecular flexibility index (Phi) is 3.87. The van der Waals surface area contributed by atoms with Crippen molar-refractivity contribution in [3.63, 3.8) is 0 Å². The van der Waals surface area contributed by atoms with Gasteiger partial charge < -0.3 is 15.3 Å². The summed E-state index contributed by atoms with van der Waals surface area (Å²) in [5, 5.41) is 12.4. The molecule has 1 aliphatic rings. The van der Waals surface area contributed by atoms with E-state index in [1.807, 2.05) is 32.2 Å². The number of anilines is 1. The van der Waals surface area contributed by atoms with Crippen molar-refractivity contribution in [2.45, 2.75) is 25.8 Å². The molecule has 4 heteroatoms. The van der Waals surface area contributed by atoms with E-state index in [0.29, 0.717) is 5.56 Å². The van der Waals surface area contributed by atoms with Crippen molar-refractivity contribution < 1.29 is 9.90 Å². The topological polar surface area (TPSA) is 52.6 Å². The molecule has 18 heavy (non-hydrogen) atoms. The summed E-state index contributed by atoms with van der Waals surface area (Å²) in [6, 6.07) is 5.66. The second-order valence-electron chi connectivity index (χ2n) is 4.76. The molecule has 1 aromatic carbocycles. The maximum absolute atomic E-state index is 12.4. The predicted octanol–water partition coefficient (Wildman–Crippen LogP) is 1.63. The fourth-order valence-corrected chi connectivity index (χ4v) is 2.54. The number of likely N-dealkylation sites (tertiary alicyclic amines) is 1. The molecule has 0 bridgehead atoms. The van der Waals surface area contributed by atoms with Gasteiger partial charge in [-0.15, -0.1) is 0 Å². The van der Waals surface area contributed by atoms with Crippen LogP contribution >= 0.6 is 0 Å². The summed E-state index contributed by atoms with van der Waals surface area (Å²) in [6.07, 6.45) is 1.88. The van der Waals surface area contributed by atoms with Crippen LogP contribution < -0.4 is 5.32 Å². The maximum atomic E-state index is 12.4. The van der Waals surface area contributed by atoms with Gasteiger partial charge in [-0.3, -0.25) is 4.79 Å². The Bertz CT molecular complexity index is 445. The number of carbonyl (C=O) groups excluding carboxylic acids is 1. The quantitative estimate of drug-likeness (QED) is 0.855. The van der Waals surface area contributed by atoms with Crippen LogP contribution in [-0.4, -0.2) is 42.2 Å². The first-order valence-electron chi connectivity index (χ1n) is 6.37. The van der Waals surface area contributed by atoms with Gasteiger partial charge in [0.05, 0.1) is 12.6 Å². The highest BCUT2D eigenvalue weighted by atomic mass is 16.3. The molecule has 1 aromatic rings. The highest BCUT2D eigenvalue weighted by molar-refractivity contribution is 5.95. The molecule has 1 aliphatic heterocycles. The number of aliphatic hydroxyl groups excluding tert-OH is 1. The van der Waals surface area contributed by atoms with Crippen molar-refractivity contribution in [1.82, 2.24) is 4.90 Å². The Hall–Kier alpha value is -1.55. The number of benzene rings is 1. The number of aryl methyl sites for hydroxylation is 1. The highest BCUT2D eigenvalue weighted by Gasteiger charge is 2.28. The van der Waals surface area contributed by atoms with Crippen LogP contribution in [0.5, 0.6) is 0 Å². The largest absolute Gasteiger partial charge is 0.394 e. The third kappa shape index (κ3) is 2.34. The van der Waals surface area contributed by atoms with Gasteiger partial charge in [0, 0.05) is 24.8 Å². The Morgan fingerprint density at radius 3 is 2.94 bits per heavy atom. The molecule has 0 aliphatic carbocycles. The molecule has 4 nitrogen and oxygen atoms in total. The smallest absolute Gasteiger partial charge is 0.254 e. The summed E-state index contributed by atoms with van der Waals surface area (Å²) in [6.45, 7) is 2.78. The lowest BCUT2D eigenvalue weighted by molar-refractivity contribution is 0.0677. The lowest BCUT2D eigenvalue weighted by Gasteiger charge is -2.23. The van der Waals surface area contributed by atoms with E-state index >= 15 is 0 Å². The van der Waals surface area contributed by atoms with Crippen LogP contribution in [0.1, 0.15) is 28.8 Å². The molecule has 2 rings (SSSR count). The average molecular weight is 248 g/mol. The molecular formula is C14H20N2O2. The van der Waals surface area contributed by atoms with Crippen molar-refractivity contribution in [3.8, 4) is 0 Å². The van der Waals surface area contributed by atoms with E-state index in [1.165, 1.54) is 0 Å². The molecular weight excluding hydrogens is 228 g/mol. The van der Waals surface area contributed by atoms with Crippen LogP contribution in [0, 0.1) is 6.92 Å². The molecule has 0 spiro atoms. The molecule has 1 amide bonds. The Labute approximate surface area is 108 Å². The van der Waals surface area contributed by atoms with Gasteiger partial charge in [0.2, 0.25) is 0 Å². The minimum atomic E-state index is -0.0122. The maximum Gasteiger partial charge on any atom is 0.254 e. The van der Waals surface area contributed by atoms with E-state index in [0.717, 1.165) is 30.6 Å². The Morgan fingerprint density at radius 1 is 1.56 bits per heavy atom. The van der Waals surface area contributed by atoms with Crippen LogP contribution in [0.3, 0.4) is 0 Å². The monoisotopic (exact) mass is 248 g/mol. The standard InChI is InChI=1S/C14H20N2O2/c1-10-8-11(5-6-13(10)15-2)14(18)16-7-3-4-12(16)9-17/h5-6,8,12,15,17H,3-4,7,9H2,1-2H3. The Balaban J connectivity index is 2.21. The van der Waals surface area contributed by atoms with Crippen LogP contribution in [-0.2, 0) is 0 Å². The molecule has 1 atom stereocenters. The highest BCUT2D eigenvalue weighted by Crippen LogP contribution is 2.22. The number of aliphatic hydroxyl groups is 1. The van der Waals surface area contributed by atoms with Crippen LogP contribution in [0.25, 0.3) is 0 Å². The molecule has 1 fully saturated rings. The fourth-order valence-electron chi connectivity index (χ4n) is 2.54.